The number of nitrogens with one attached hydrogen (secondary N) is 1. The Morgan fingerprint density at radius 3 is 1.63 bits per heavy atom. The molecule has 0 heterocycles. The van der Waals surface area contributed by atoms with Crippen LogP contribution >= 0.6 is 7.82 Å². The highest BCUT2D eigenvalue weighted by molar-refractivity contribution is 7.47. The minimum absolute atomic E-state index is 0.0716. The number of unbranched alkanes of at least 4 members (excludes halogenated alkanes) is 18. The van der Waals surface area contributed by atoms with Crippen LogP contribution in [0.4, 0.5) is 0 Å². The van der Waals surface area contributed by atoms with Gasteiger partial charge in [0.1, 0.15) is 0 Å². The highest BCUT2D eigenvalue weighted by Crippen LogP contribution is 2.43. The number of carbonyl (C=O) groups is 1. The van der Waals surface area contributed by atoms with E-state index in [-0.39, 0.29) is 25.7 Å². The smallest absolute Gasteiger partial charge is 0.387 e. The SMILES string of the molecule is CC/C=C\C/C=C\C/C=C\C/C=C\CCCCCCC(=O)NC(COP(=O)(O)OCCN)C(O)/C=C/CCCCCCCCCCCCCCCC. The molecule has 9 heteroatoms. The second kappa shape index (κ2) is 38.9. The summed E-state index contributed by atoms with van der Waals surface area (Å²) < 4.78 is 22.1. The van der Waals surface area contributed by atoms with E-state index in [0.717, 1.165) is 77.0 Å². The first-order valence-electron chi connectivity index (χ1n) is 20.9. The predicted octanol–water partition coefficient (Wildman–Crippen LogP) is 11.5. The van der Waals surface area contributed by atoms with E-state index < -0.39 is 20.0 Å². The number of amides is 1. The van der Waals surface area contributed by atoms with E-state index >= 15 is 0 Å². The number of carbonyl (C=O) groups excluding carboxylic acids is 1. The van der Waals surface area contributed by atoms with Crippen molar-refractivity contribution in [1.29, 1.82) is 0 Å². The standard InChI is InChI=1S/C43H79N2O6P/c1-3-5-7-9-11-13-15-17-19-21-23-25-27-29-31-33-35-37-43(47)45-41(40-51-52(48,49)50-39-38-44)42(46)36-34-32-30-28-26-24-22-20-18-16-14-12-10-8-6-4-2/h5,7,11,13,17,19,23,25,34,36,41-42,46H,3-4,6,8-10,12,14-16,18,20-22,24,26-33,35,37-40,44H2,1-2H3,(H,45,47)(H,48,49)/b7-5-,13-11-,19-17-,25-23-,36-34+. The van der Waals surface area contributed by atoms with Crippen molar-refractivity contribution in [2.45, 2.75) is 187 Å². The fraction of sp³-hybridized carbons (Fsp3) is 0.744. The molecule has 8 nitrogen and oxygen atoms in total. The first-order valence-corrected chi connectivity index (χ1v) is 22.4. The first-order chi connectivity index (χ1) is 25.4. The molecular weight excluding hydrogens is 671 g/mol. The maximum atomic E-state index is 12.7. The van der Waals surface area contributed by atoms with Gasteiger partial charge in [-0.05, 0) is 57.8 Å². The summed E-state index contributed by atoms with van der Waals surface area (Å²) in [4.78, 5) is 22.7. The Morgan fingerprint density at radius 2 is 1.12 bits per heavy atom. The van der Waals surface area contributed by atoms with Gasteiger partial charge in [-0.15, -0.1) is 0 Å². The minimum Gasteiger partial charge on any atom is -0.387 e. The summed E-state index contributed by atoms with van der Waals surface area (Å²) in [7, 11) is -4.35. The van der Waals surface area contributed by atoms with Crippen LogP contribution in [0.2, 0.25) is 0 Å². The minimum atomic E-state index is -4.35. The maximum absolute atomic E-state index is 12.7. The van der Waals surface area contributed by atoms with Gasteiger partial charge < -0.3 is 21.1 Å². The molecule has 0 radical (unpaired) electrons. The molecule has 0 saturated carbocycles. The van der Waals surface area contributed by atoms with Crippen LogP contribution in [-0.4, -0.2) is 47.8 Å². The van der Waals surface area contributed by atoms with E-state index in [1.165, 1.54) is 77.0 Å². The van der Waals surface area contributed by atoms with E-state index in [2.05, 4.69) is 67.8 Å². The quantitative estimate of drug-likeness (QED) is 0.0281. The van der Waals surface area contributed by atoms with Crippen LogP contribution in [0, 0.1) is 0 Å². The zero-order valence-corrected chi connectivity index (χ0v) is 34.2. The van der Waals surface area contributed by atoms with Gasteiger partial charge in [0.25, 0.3) is 0 Å². The van der Waals surface area contributed by atoms with Crippen LogP contribution in [0.25, 0.3) is 0 Å². The Bertz CT molecular complexity index is 996. The number of hydrogen-bond acceptors (Lipinski definition) is 6. The van der Waals surface area contributed by atoms with Crippen molar-refractivity contribution in [1.82, 2.24) is 5.32 Å². The summed E-state index contributed by atoms with van der Waals surface area (Å²) in [6.45, 7) is 3.99. The molecule has 0 aromatic carbocycles. The number of aliphatic hydroxyl groups excluding tert-OH is 1. The molecule has 3 unspecified atom stereocenters. The van der Waals surface area contributed by atoms with Crippen molar-refractivity contribution in [2.75, 3.05) is 19.8 Å². The molecule has 52 heavy (non-hydrogen) atoms. The number of phosphoric ester groups is 1. The molecule has 0 spiro atoms. The van der Waals surface area contributed by atoms with Crippen molar-refractivity contribution in [2.24, 2.45) is 5.73 Å². The highest BCUT2D eigenvalue weighted by Gasteiger charge is 2.26. The zero-order valence-electron chi connectivity index (χ0n) is 33.3. The molecule has 0 aliphatic heterocycles. The van der Waals surface area contributed by atoms with Crippen molar-refractivity contribution in [3.8, 4) is 0 Å². The van der Waals surface area contributed by atoms with Gasteiger partial charge in [0.15, 0.2) is 0 Å². The summed E-state index contributed by atoms with van der Waals surface area (Å²) >= 11 is 0. The molecule has 0 aromatic rings. The van der Waals surface area contributed by atoms with Crippen molar-refractivity contribution in [3.05, 3.63) is 60.8 Å². The average Bonchev–Trinajstić information content (AvgIpc) is 3.13. The van der Waals surface area contributed by atoms with E-state index in [9.17, 15) is 19.4 Å². The third-order valence-corrected chi connectivity index (χ3v) is 9.83. The van der Waals surface area contributed by atoms with Crippen molar-refractivity contribution in [3.63, 3.8) is 0 Å². The summed E-state index contributed by atoms with van der Waals surface area (Å²) in [5.74, 6) is -0.220. The van der Waals surface area contributed by atoms with Gasteiger partial charge >= 0.3 is 7.82 Å². The lowest BCUT2D eigenvalue weighted by atomic mass is 10.0. The Morgan fingerprint density at radius 1 is 0.654 bits per heavy atom. The molecule has 0 aliphatic carbocycles. The zero-order chi connectivity index (χ0) is 38.2. The van der Waals surface area contributed by atoms with Gasteiger partial charge in [0.05, 0.1) is 25.4 Å². The Hall–Kier alpha value is -1.80. The Labute approximate surface area is 319 Å². The highest BCUT2D eigenvalue weighted by atomic mass is 31.2. The number of hydrogen-bond donors (Lipinski definition) is 4. The van der Waals surface area contributed by atoms with Gasteiger partial charge in [-0.25, -0.2) is 4.57 Å². The van der Waals surface area contributed by atoms with E-state index in [4.69, 9.17) is 14.8 Å². The van der Waals surface area contributed by atoms with Crippen LogP contribution in [0.3, 0.4) is 0 Å². The maximum Gasteiger partial charge on any atom is 0.472 e. The Balaban J connectivity index is 4.32. The fourth-order valence-electron chi connectivity index (χ4n) is 5.71. The van der Waals surface area contributed by atoms with Gasteiger partial charge in [0, 0.05) is 13.0 Å². The fourth-order valence-corrected chi connectivity index (χ4v) is 6.47. The summed E-state index contributed by atoms with van der Waals surface area (Å²) in [5.41, 5.74) is 5.37. The monoisotopic (exact) mass is 751 g/mol. The summed E-state index contributed by atoms with van der Waals surface area (Å²) in [6, 6.07) is -0.875. The van der Waals surface area contributed by atoms with Crippen LogP contribution in [0.15, 0.2) is 60.8 Å². The van der Waals surface area contributed by atoms with E-state index in [1.807, 2.05) is 6.08 Å². The van der Waals surface area contributed by atoms with Gasteiger partial charge in [-0.1, -0.05) is 171 Å². The Kier molecular flexibility index (Phi) is 37.6. The second-order valence-corrected chi connectivity index (χ2v) is 15.3. The van der Waals surface area contributed by atoms with Crippen LogP contribution < -0.4 is 11.1 Å². The topological polar surface area (TPSA) is 131 Å². The molecule has 1 amide bonds. The molecule has 5 N–H and O–H groups in total. The van der Waals surface area contributed by atoms with Gasteiger partial charge in [0.2, 0.25) is 5.91 Å². The van der Waals surface area contributed by atoms with Crippen molar-refractivity contribution >= 4 is 13.7 Å². The molecule has 3 atom stereocenters. The summed E-state index contributed by atoms with van der Waals surface area (Å²) in [5, 5.41) is 13.6. The normalized spacial score (nSPS) is 14.8. The number of aliphatic hydroxyl groups is 1. The molecule has 0 aliphatic rings. The lowest BCUT2D eigenvalue weighted by Crippen LogP contribution is -2.45. The van der Waals surface area contributed by atoms with Crippen LogP contribution in [0.1, 0.15) is 174 Å². The molecule has 0 aromatic heterocycles. The molecule has 0 rings (SSSR count). The number of phosphoric acid groups is 1. The van der Waals surface area contributed by atoms with Gasteiger partial charge in [-0.2, -0.15) is 0 Å². The number of nitrogens with two attached hydrogens (primary N) is 1. The molecule has 0 bridgehead atoms. The lowest BCUT2D eigenvalue weighted by molar-refractivity contribution is -0.123. The number of rotatable bonds is 38. The average molecular weight is 751 g/mol. The molecule has 0 fully saturated rings. The number of allylic oxidation sites excluding steroid dienone is 9. The van der Waals surface area contributed by atoms with E-state index in [1.54, 1.807) is 6.08 Å². The van der Waals surface area contributed by atoms with E-state index in [0.29, 0.717) is 6.42 Å². The largest absolute Gasteiger partial charge is 0.472 e. The predicted molar refractivity (Wildman–Crippen MR) is 221 cm³/mol. The molecule has 0 saturated heterocycles. The van der Waals surface area contributed by atoms with Gasteiger partial charge in [-0.3, -0.25) is 13.8 Å². The summed E-state index contributed by atoms with van der Waals surface area (Å²) in [6.07, 6.45) is 48.3. The van der Waals surface area contributed by atoms with Crippen LogP contribution in [-0.2, 0) is 18.4 Å². The molecule has 302 valence electrons. The second-order valence-electron chi connectivity index (χ2n) is 13.8. The molecular formula is C43H79N2O6P. The first kappa shape index (κ1) is 50.2. The van der Waals surface area contributed by atoms with Crippen molar-refractivity contribution < 1.29 is 28.4 Å². The third-order valence-electron chi connectivity index (χ3n) is 8.85. The van der Waals surface area contributed by atoms with Crippen LogP contribution in [0.5, 0.6) is 0 Å². The lowest BCUT2D eigenvalue weighted by Gasteiger charge is -2.23. The third kappa shape index (κ3) is 36.6.